The van der Waals surface area contributed by atoms with Gasteiger partial charge in [0.25, 0.3) is 0 Å². The SMILES string of the molecule is CCCN(CC(=O)O)CC(=O)N1CCOC(c2ccc(F)cc2)C1. The Morgan fingerprint density at radius 2 is 2.04 bits per heavy atom. The van der Waals surface area contributed by atoms with Crippen molar-refractivity contribution in [2.75, 3.05) is 39.3 Å². The molecule has 1 aromatic carbocycles. The molecule has 7 heteroatoms. The van der Waals surface area contributed by atoms with Crippen LogP contribution in [0.5, 0.6) is 0 Å². The molecule has 1 aliphatic heterocycles. The number of morpholine rings is 1. The standard InChI is InChI=1S/C17H23FN2O4/c1-2-7-19(12-17(22)23)11-16(21)20-8-9-24-15(10-20)13-3-5-14(18)6-4-13/h3-6,15H,2,7-12H2,1H3,(H,22,23). The number of carbonyl (C=O) groups is 2. The van der Waals surface area contributed by atoms with Gasteiger partial charge in [-0.05, 0) is 30.7 Å². The first-order chi connectivity index (χ1) is 11.5. The van der Waals surface area contributed by atoms with E-state index in [0.717, 1.165) is 12.0 Å². The molecule has 0 aromatic heterocycles. The molecule has 0 aliphatic carbocycles. The van der Waals surface area contributed by atoms with Crippen molar-refractivity contribution in [1.82, 2.24) is 9.80 Å². The summed E-state index contributed by atoms with van der Waals surface area (Å²) in [6.45, 7) is 3.70. The van der Waals surface area contributed by atoms with Gasteiger partial charge in [-0.1, -0.05) is 19.1 Å². The molecule has 6 nitrogen and oxygen atoms in total. The van der Waals surface area contributed by atoms with Crippen LogP contribution in [-0.4, -0.2) is 66.1 Å². The molecule has 132 valence electrons. The van der Waals surface area contributed by atoms with Gasteiger partial charge in [-0.2, -0.15) is 0 Å². The van der Waals surface area contributed by atoms with Crippen LogP contribution >= 0.6 is 0 Å². The van der Waals surface area contributed by atoms with Gasteiger partial charge in [-0.3, -0.25) is 14.5 Å². The van der Waals surface area contributed by atoms with Gasteiger partial charge >= 0.3 is 5.97 Å². The molecule has 1 saturated heterocycles. The fourth-order valence-corrected chi connectivity index (χ4v) is 2.77. The molecule has 1 heterocycles. The van der Waals surface area contributed by atoms with Crippen molar-refractivity contribution < 1.29 is 23.8 Å². The molecular formula is C17H23FN2O4. The number of carboxylic acid groups (broad SMARTS) is 1. The van der Waals surface area contributed by atoms with E-state index in [1.807, 2.05) is 6.92 Å². The first-order valence-electron chi connectivity index (χ1n) is 8.08. The average Bonchev–Trinajstić information content (AvgIpc) is 2.55. The lowest BCUT2D eigenvalue weighted by molar-refractivity contribution is -0.142. The molecule has 1 aromatic rings. The van der Waals surface area contributed by atoms with E-state index in [9.17, 15) is 14.0 Å². The van der Waals surface area contributed by atoms with E-state index >= 15 is 0 Å². The maximum Gasteiger partial charge on any atom is 0.317 e. The third-order valence-corrected chi connectivity index (χ3v) is 3.92. The van der Waals surface area contributed by atoms with Crippen molar-refractivity contribution in [3.63, 3.8) is 0 Å². The maximum absolute atomic E-state index is 13.0. The number of ether oxygens (including phenoxy) is 1. The molecule has 2 rings (SSSR count). The summed E-state index contributed by atoms with van der Waals surface area (Å²) in [5.41, 5.74) is 0.824. The molecular weight excluding hydrogens is 315 g/mol. The van der Waals surface area contributed by atoms with Gasteiger partial charge in [-0.15, -0.1) is 0 Å². The largest absolute Gasteiger partial charge is 0.480 e. The normalized spacial score (nSPS) is 18.0. The van der Waals surface area contributed by atoms with Crippen LogP contribution in [0.4, 0.5) is 4.39 Å². The third-order valence-electron chi connectivity index (χ3n) is 3.92. The van der Waals surface area contributed by atoms with E-state index in [0.29, 0.717) is 26.2 Å². The molecule has 0 bridgehead atoms. The topological polar surface area (TPSA) is 70.1 Å². The summed E-state index contributed by atoms with van der Waals surface area (Å²) in [5.74, 6) is -1.37. The van der Waals surface area contributed by atoms with E-state index in [2.05, 4.69) is 0 Å². The van der Waals surface area contributed by atoms with Gasteiger partial charge in [0.15, 0.2) is 0 Å². The molecule has 1 aliphatic rings. The minimum absolute atomic E-state index is 0.0796. The summed E-state index contributed by atoms with van der Waals surface area (Å²) >= 11 is 0. The zero-order valence-electron chi connectivity index (χ0n) is 13.8. The highest BCUT2D eigenvalue weighted by Crippen LogP contribution is 2.22. The van der Waals surface area contributed by atoms with Crippen molar-refractivity contribution >= 4 is 11.9 Å². The Bertz CT molecular complexity index is 564. The lowest BCUT2D eigenvalue weighted by atomic mass is 10.1. The number of carboxylic acids is 1. The fourth-order valence-electron chi connectivity index (χ4n) is 2.77. The van der Waals surface area contributed by atoms with Crippen molar-refractivity contribution in [2.24, 2.45) is 0 Å². The smallest absolute Gasteiger partial charge is 0.317 e. The van der Waals surface area contributed by atoms with Crippen LogP contribution in [-0.2, 0) is 14.3 Å². The second-order valence-electron chi connectivity index (χ2n) is 5.86. The van der Waals surface area contributed by atoms with Gasteiger partial charge in [-0.25, -0.2) is 4.39 Å². The highest BCUT2D eigenvalue weighted by atomic mass is 19.1. The quantitative estimate of drug-likeness (QED) is 0.816. The maximum atomic E-state index is 13.0. The number of rotatable bonds is 7. The second-order valence-corrected chi connectivity index (χ2v) is 5.86. The van der Waals surface area contributed by atoms with Gasteiger partial charge in [0, 0.05) is 6.54 Å². The van der Waals surface area contributed by atoms with Crippen LogP contribution in [0.3, 0.4) is 0 Å². The summed E-state index contributed by atoms with van der Waals surface area (Å²) in [6, 6.07) is 6.05. The van der Waals surface area contributed by atoms with Crippen LogP contribution in [0.15, 0.2) is 24.3 Å². The number of hydrogen-bond acceptors (Lipinski definition) is 4. The number of nitrogens with zero attached hydrogens (tertiary/aromatic N) is 2. The molecule has 0 spiro atoms. The Balaban J connectivity index is 1.96. The molecule has 0 radical (unpaired) electrons. The minimum atomic E-state index is -0.942. The number of carbonyl (C=O) groups excluding carboxylic acids is 1. The predicted octanol–water partition coefficient (Wildman–Crippen LogP) is 1.52. The first kappa shape index (κ1) is 18.4. The average molecular weight is 338 g/mol. The zero-order chi connectivity index (χ0) is 17.5. The number of aliphatic carboxylic acids is 1. The number of amides is 1. The Morgan fingerprint density at radius 1 is 1.33 bits per heavy atom. The summed E-state index contributed by atoms with van der Waals surface area (Å²) in [7, 11) is 0. The van der Waals surface area contributed by atoms with Crippen LogP contribution in [0, 0.1) is 5.82 Å². The van der Waals surface area contributed by atoms with E-state index in [1.165, 1.54) is 12.1 Å². The highest BCUT2D eigenvalue weighted by molar-refractivity contribution is 5.79. The highest BCUT2D eigenvalue weighted by Gasteiger charge is 2.26. The van der Waals surface area contributed by atoms with Crippen molar-refractivity contribution in [3.05, 3.63) is 35.6 Å². The van der Waals surface area contributed by atoms with Gasteiger partial charge < -0.3 is 14.7 Å². The third kappa shape index (κ3) is 5.28. The molecule has 24 heavy (non-hydrogen) atoms. The fraction of sp³-hybridized carbons (Fsp3) is 0.529. The minimum Gasteiger partial charge on any atom is -0.480 e. The summed E-state index contributed by atoms with van der Waals surface area (Å²) in [4.78, 5) is 26.7. The van der Waals surface area contributed by atoms with Gasteiger partial charge in [0.1, 0.15) is 11.9 Å². The number of halogens is 1. The van der Waals surface area contributed by atoms with E-state index in [-0.39, 0.29) is 30.9 Å². The molecule has 1 amide bonds. The predicted molar refractivity (Wildman–Crippen MR) is 86.0 cm³/mol. The molecule has 0 saturated carbocycles. The van der Waals surface area contributed by atoms with E-state index in [1.54, 1.807) is 21.9 Å². The van der Waals surface area contributed by atoms with Gasteiger partial charge in [0.05, 0.1) is 26.2 Å². The van der Waals surface area contributed by atoms with Gasteiger partial charge in [0.2, 0.25) is 5.91 Å². The number of benzene rings is 1. The lowest BCUT2D eigenvalue weighted by Gasteiger charge is -2.34. The van der Waals surface area contributed by atoms with Crippen molar-refractivity contribution in [2.45, 2.75) is 19.4 Å². The zero-order valence-corrected chi connectivity index (χ0v) is 13.8. The summed E-state index contributed by atoms with van der Waals surface area (Å²) < 4.78 is 18.7. The van der Waals surface area contributed by atoms with E-state index in [4.69, 9.17) is 9.84 Å². The van der Waals surface area contributed by atoms with Crippen LogP contribution in [0.1, 0.15) is 25.0 Å². The van der Waals surface area contributed by atoms with Crippen LogP contribution < -0.4 is 0 Å². The molecule has 1 fully saturated rings. The van der Waals surface area contributed by atoms with Crippen molar-refractivity contribution in [3.8, 4) is 0 Å². The van der Waals surface area contributed by atoms with E-state index < -0.39 is 5.97 Å². The molecule has 1 atom stereocenters. The lowest BCUT2D eigenvalue weighted by Crippen LogP contribution is -2.47. The summed E-state index contributed by atoms with van der Waals surface area (Å²) in [6.07, 6.45) is 0.490. The Morgan fingerprint density at radius 3 is 2.67 bits per heavy atom. The Hall–Kier alpha value is -1.99. The molecule has 1 N–H and O–H groups in total. The van der Waals surface area contributed by atoms with Crippen LogP contribution in [0.2, 0.25) is 0 Å². The Labute approximate surface area is 140 Å². The van der Waals surface area contributed by atoms with Crippen LogP contribution in [0.25, 0.3) is 0 Å². The Kier molecular flexibility index (Phi) is 6.69. The molecule has 1 unspecified atom stereocenters. The monoisotopic (exact) mass is 338 g/mol. The number of hydrogen-bond donors (Lipinski definition) is 1. The second kappa shape index (κ2) is 8.75. The summed E-state index contributed by atoms with van der Waals surface area (Å²) in [5, 5.41) is 8.93. The van der Waals surface area contributed by atoms with Crippen molar-refractivity contribution in [1.29, 1.82) is 0 Å². The first-order valence-corrected chi connectivity index (χ1v) is 8.08.